The Labute approximate surface area is 120 Å². The second kappa shape index (κ2) is 8.94. The quantitative estimate of drug-likeness (QED) is 0.770. The van der Waals surface area contributed by atoms with Gasteiger partial charge in [-0.25, -0.2) is 0 Å². The lowest BCUT2D eigenvalue weighted by molar-refractivity contribution is -0.120. The smallest absolute Gasteiger partial charge is 0.221 e. The molecule has 0 aliphatic carbocycles. The lowest BCUT2D eigenvalue weighted by Crippen LogP contribution is -2.32. The normalized spacial score (nSPS) is 12.2. The van der Waals surface area contributed by atoms with Crippen LogP contribution < -0.4 is 10.6 Å². The van der Waals surface area contributed by atoms with Gasteiger partial charge >= 0.3 is 0 Å². The molecule has 1 amide bonds. The van der Waals surface area contributed by atoms with Gasteiger partial charge < -0.3 is 10.6 Å². The summed E-state index contributed by atoms with van der Waals surface area (Å²) in [6.07, 6.45) is 2.45. The molecule has 4 heteroatoms. The topological polar surface area (TPSA) is 41.1 Å². The number of nitrogens with one attached hydrogen (secondary N) is 2. The van der Waals surface area contributed by atoms with Crippen molar-refractivity contribution >= 4 is 17.5 Å². The molecule has 0 aliphatic rings. The largest absolute Gasteiger partial charge is 0.356 e. The zero-order valence-electron chi connectivity index (χ0n) is 11.7. The Morgan fingerprint density at radius 2 is 1.95 bits per heavy atom. The van der Waals surface area contributed by atoms with Gasteiger partial charge in [0.15, 0.2) is 0 Å². The van der Waals surface area contributed by atoms with Crippen LogP contribution in [0.5, 0.6) is 0 Å². The molecule has 1 unspecified atom stereocenters. The molecule has 0 radical (unpaired) electrons. The van der Waals surface area contributed by atoms with Crippen molar-refractivity contribution in [1.82, 2.24) is 10.6 Å². The van der Waals surface area contributed by atoms with Crippen LogP contribution in [-0.4, -0.2) is 25.0 Å². The Bertz CT molecular complexity index is 378. The summed E-state index contributed by atoms with van der Waals surface area (Å²) < 4.78 is 0. The van der Waals surface area contributed by atoms with Crippen LogP contribution in [0.15, 0.2) is 24.3 Å². The van der Waals surface area contributed by atoms with Gasteiger partial charge in [0, 0.05) is 30.6 Å². The van der Waals surface area contributed by atoms with E-state index in [2.05, 4.69) is 24.5 Å². The lowest BCUT2D eigenvalue weighted by Gasteiger charge is -2.11. The molecule has 0 saturated carbocycles. The molecule has 0 fully saturated rings. The molecule has 1 atom stereocenters. The first-order chi connectivity index (χ1) is 9.11. The van der Waals surface area contributed by atoms with Crippen molar-refractivity contribution in [2.24, 2.45) is 0 Å². The number of carbonyl (C=O) groups is 1. The fourth-order valence-corrected chi connectivity index (χ4v) is 1.79. The van der Waals surface area contributed by atoms with Gasteiger partial charge in [-0.1, -0.05) is 30.7 Å². The van der Waals surface area contributed by atoms with Crippen LogP contribution in [0.3, 0.4) is 0 Å². The first kappa shape index (κ1) is 16.0. The van der Waals surface area contributed by atoms with Crippen LogP contribution in [0, 0.1) is 0 Å². The highest BCUT2D eigenvalue weighted by Gasteiger charge is 2.02. The van der Waals surface area contributed by atoms with Gasteiger partial charge in [0.1, 0.15) is 0 Å². The van der Waals surface area contributed by atoms with Crippen molar-refractivity contribution in [2.45, 2.75) is 39.2 Å². The van der Waals surface area contributed by atoms with E-state index in [4.69, 9.17) is 11.6 Å². The zero-order valence-corrected chi connectivity index (χ0v) is 12.5. The van der Waals surface area contributed by atoms with E-state index in [0.717, 1.165) is 24.4 Å². The van der Waals surface area contributed by atoms with Gasteiger partial charge in [0.05, 0.1) is 0 Å². The SMILES string of the molecule is CCC(C)NCCC(=O)NCCc1ccc(Cl)cc1. The third kappa shape index (κ3) is 7.19. The summed E-state index contributed by atoms with van der Waals surface area (Å²) in [4.78, 5) is 11.6. The Kier molecular flexibility index (Phi) is 7.53. The number of rotatable bonds is 8. The Balaban J connectivity index is 2.11. The van der Waals surface area contributed by atoms with E-state index in [1.807, 2.05) is 24.3 Å². The minimum atomic E-state index is 0.102. The predicted octanol–water partition coefficient (Wildman–Crippen LogP) is 2.78. The zero-order chi connectivity index (χ0) is 14.1. The van der Waals surface area contributed by atoms with E-state index < -0.39 is 0 Å². The summed E-state index contributed by atoms with van der Waals surface area (Å²) in [5.41, 5.74) is 1.18. The summed E-state index contributed by atoms with van der Waals surface area (Å²) >= 11 is 5.81. The molecule has 3 nitrogen and oxygen atoms in total. The molecule has 106 valence electrons. The maximum Gasteiger partial charge on any atom is 0.221 e. The molecule has 0 saturated heterocycles. The predicted molar refractivity (Wildman–Crippen MR) is 80.5 cm³/mol. The third-order valence-corrected chi connectivity index (χ3v) is 3.36. The summed E-state index contributed by atoms with van der Waals surface area (Å²) in [6.45, 7) is 5.66. The van der Waals surface area contributed by atoms with Gasteiger partial charge in [0.25, 0.3) is 0 Å². The molecule has 19 heavy (non-hydrogen) atoms. The van der Waals surface area contributed by atoms with Crippen molar-refractivity contribution in [3.63, 3.8) is 0 Å². The van der Waals surface area contributed by atoms with Gasteiger partial charge in [0.2, 0.25) is 5.91 Å². The van der Waals surface area contributed by atoms with Gasteiger partial charge in [-0.05, 0) is 37.5 Å². The molecule has 0 spiro atoms. The van der Waals surface area contributed by atoms with Gasteiger partial charge in [-0.15, -0.1) is 0 Å². The summed E-state index contributed by atoms with van der Waals surface area (Å²) in [5.74, 6) is 0.102. The Morgan fingerprint density at radius 1 is 1.26 bits per heavy atom. The number of hydrogen-bond donors (Lipinski definition) is 2. The van der Waals surface area contributed by atoms with Crippen LogP contribution in [0.1, 0.15) is 32.3 Å². The molecule has 0 aromatic heterocycles. The Morgan fingerprint density at radius 3 is 2.58 bits per heavy atom. The summed E-state index contributed by atoms with van der Waals surface area (Å²) in [6, 6.07) is 8.18. The molecular weight excluding hydrogens is 260 g/mol. The highest BCUT2D eigenvalue weighted by Crippen LogP contribution is 2.09. The highest BCUT2D eigenvalue weighted by molar-refractivity contribution is 6.30. The van der Waals surface area contributed by atoms with E-state index >= 15 is 0 Å². The van der Waals surface area contributed by atoms with Crippen LogP contribution in [0.4, 0.5) is 0 Å². The molecule has 0 bridgehead atoms. The molecular formula is C15H23ClN2O. The molecule has 0 heterocycles. The van der Waals surface area contributed by atoms with Crippen molar-refractivity contribution in [3.05, 3.63) is 34.9 Å². The van der Waals surface area contributed by atoms with Crippen molar-refractivity contribution in [1.29, 1.82) is 0 Å². The minimum absolute atomic E-state index is 0.102. The standard InChI is InChI=1S/C15H23ClN2O/c1-3-12(2)17-11-9-15(19)18-10-8-13-4-6-14(16)7-5-13/h4-7,12,17H,3,8-11H2,1-2H3,(H,18,19). The average molecular weight is 283 g/mol. The van der Waals surface area contributed by atoms with Crippen LogP contribution in [-0.2, 0) is 11.2 Å². The van der Waals surface area contributed by atoms with Crippen molar-refractivity contribution in [2.75, 3.05) is 13.1 Å². The van der Waals surface area contributed by atoms with E-state index in [9.17, 15) is 4.79 Å². The van der Waals surface area contributed by atoms with Gasteiger partial charge in [-0.3, -0.25) is 4.79 Å². The maximum atomic E-state index is 11.6. The van der Waals surface area contributed by atoms with Crippen LogP contribution in [0.2, 0.25) is 5.02 Å². The summed E-state index contributed by atoms with van der Waals surface area (Å²) in [7, 11) is 0. The van der Waals surface area contributed by atoms with E-state index in [1.165, 1.54) is 5.56 Å². The fourth-order valence-electron chi connectivity index (χ4n) is 1.66. The second-order valence-corrected chi connectivity index (χ2v) is 5.18. The maximum absolute atomic E-state index is 11.6. The minimum Gasteiger partial charge on any atom is -0.356 e. The van der Waals surface area contributed by atoms with Gasteiger partial charge in [-0.2, -0.15) is 0 Å². The molecule has 1 aromatic carbocycles. The molecule has 2 N–H and O–H groups in total. The second-order valence-electron chi connectivity index (χ2n) is 4.74. The van der Waals surface area contributed by atoms with E-state index in [0.29, 0.717) is 19.0 Å². The number of halogens is 1. The lowest BCUT2D eigenvalue weighted by atomic mass is 10.1. The third-order valence-electron chi connectivity index (χ3n) is 3.11. The Hall–Kier alpha value is -1.06. The number of benzene rings is 1. The highest BCUT2D eigenvalue weighted by atomic mass is 35.5. The number of hydrogen-bond acceptors (Lipinski definition) is 2. The van der Waals surface area contributed by atoms with Crippen LogP contribution in [0.25, 0.3) is 0 Å². The van der Waals surface area contributed by atoms with E-state index in [-0.39, 0.29) is 5.91 Å². The average Bonchev–Trinajstić information content (AvgIpc) is 2.41. The van der Waals surface area contributed by atoms with Crippen molar-refractivity contribution < 1.29 is 4.79 Å². The van der Waals surface area contributed by atoms with E-state index in [1.54, 1.807) is 0 Å². The molecule has 0 aliphatic heterocycles. The first-order valence-corrected chi connectivity index (χ1v) is 7.24. The summed E-state index contributed by atoms with van der Waals surface area (Å²) in [5, 5.41) is 6.97. The molecule has 1 rings (SSSR count). The van der Waals surface area contributed by atoms with Crippen LogP contribution >= 0.6 is 11.6 Å². The first-order valence-electron chi connectivity index (χ1n) is 6.86. The molecule has 1 aromatic rings. The number of amides is 1. The van der Waals surface area contributed by atoms with Crippen molar-refractivity contribution in [3.8, 4) is 0 Å². The monoisotopic (exact) mass is 282 g/mol. The fraction of sp³-hybridized carbons (Fsp3) is 0.533. The number of carbonyl (C=O) groups excluding carboxylic acids is 1.